The second-order valence-corrected chi connectivity index (χ2v) is 3.43. The van der Waals surface area contributed by atoms with E-state index in [4.69, 9.17) is 4.84 Å². The zero-order valence-electron chi connectivity index (χ0n) is 7.88. The Labute approximate surface area is 73.6 Å². The lowest BCUT2D eigenvalue weighted by Gasteiger charge is -2.15. The van der Waals surface area contributed by atoms with Crippen LogP contribution in [0.15, 0.2) is 0 Å². The van der Waals surface area contributed by atoms with E-state index in [-0.39, 0.29) is 5.91 Å². The largest absolute Gasteiger partial charge is 0.275 e. The lowest BCUT2D eigenvalue weighted by Crippen LogP contribution is -2.26. The molecule has 0 unspecified atom stereocenters. The minimum absolute atomic E-state index is 0.101. The minimum Gasteiger partial charge on any atom is -0.275 e. The summed E-state index contributed by atoms with van der Waals surface area (Å²) in [4.78, 5) is 16.1. The molecule has 1 fully saturated rings. The molecule has 0 radical (unpaired) electrons. The molecule has 0 atom stereocenters. The Hall–Kier alpha value is -0.570. The van der Waals surface area contributed by atoms with Gasteiger partial charge in [-0.2, -0.15) is 0 Å². The van der Waals surface area contributed by atoms with E-state index < -0.39 is 0 Å². The van der Waals surface area contributed by atoms with Crippen LogP contribution in [-0.4, -0.2) is 25.1 Å². The average molecular weight is 171 g/mol. The molecule has 1 rings (SSSR count). The maximum Gasteiger partial charge on any atom is 0.246 e. The smallest absolute Gasteiger partial charge is 0.246 e. The van der Waals surface area contributed by atoms with Crippen molar-refractivity contribution in [3.05, 3.63) is 0 Å². The van der Waals surface area contributed by atoms with Gasteiger partial charge in [0.1, 0.15) is 0 Å². The van der Waals surface area contributed by atoms with E-state index in [9.17, 15) is 4.79 Å². The van der Waals surface area contributed by atoms with Gasteiger partial charge in [-0.1, -0.05) is 12.8 Å². The summed E-state index contributed by atoms with van der Waals surface area (Å²) in [7, 11) is 3.18. The molecule has 70 valence electrons. The molecule has 0 aromatic carbocycles. The van der Waals surface area contributed by atoms with Crippen molar-refractivity contribution in [2.45, 2.75) is 32.1 Å². The van der Waals surface area contributed by atoms with E-state index in [1.54, 1.807) is 7.05 Å². The third-order valence-corrected chi connectivity index (χ3v) is 2.56. The van der Waals surface area contributed by atoms with E-state index >= 15 is 0 Å². The second kappa shape index (κ2) is 4.45. The van der Waals surface area contributed by atoms with Gasteiger partial charge in [-0.25, -0.2) is 5.06 Å². The van der Waals surface area contributed by atoms with Crippen LogP contribution in [0.3, 0.4) is 0 Å². The van der Waals surface area contributed by atoms with Gasteiger partial charge in [-0.15, -0.1) is 0 Å². The molecule has 1 aliphatic carbocycles. The third kappa shape index (κ3) is 2.48. The lowest BCUT2D eigenvalue weighted by molar-refractivity contribution is -0.169. The SMILES string of the molecule is CON(C)C(=O)CC1CCCC1. The van der Waals surface area contributed by atoms with E-state index in [1.165, 1.54) is 37.9 Å². The standard InChI is InChI=1S/C9H17NO2/c1-10(12-2)9(11)7-8-5-3-4-6-8/h8H,3-7H2,1-2H3. The molecule has 3 nitrogen and oxygen atoms in total. The van der Waals surface area contributed by atoms with Crippen LogP contribution in [0.2, 0.25) is 0 Å². The van der Waals surface area contributed by atoms with E-state index in [2.05, 4.69) is 0 Å². The minimum atomic E-state index is 0.101. The quantitative estimate of drug-likeness (QED) is 0.603. The highest BCUT2D eigenvalue weighted by atomic mass is 16.7. The molecular formula is C9H17NO2. The molecular weight excluding hydrogens is 154 g/mol. The molecule has 0 aliphatic heterocycles. The summed E-state index contributed by atoms with van der Waals surface area (Å²) < 4.78 is 0. The summed E-state index contributed by atoms with van der Waals surface area (Å²) >= 11 is 0. The highest BCUT2D eigenvalue weighted by Gasteiger charge is 2.20. The number of carbonyl (C=O) groups is 1. The van der Waals surface area contributed by atoms with Gasteiger partial charge in [0.15, 0.2) is 0 Å². The topological polar surface area (TPSA) is 29.5 Å². The van der Waals surface area contributed by atoms with Gasteiger partial charge >= 0.3 is 0 Å². The summed E-state index contributed by atoms with van der Waals surface area (Å²) in [5.74, 6) is 0.708. The monoisotopic (exact) mass is 171 g/mol. The van der Waals surface area contributed by atoms with Crippen molar-refractivity contribution >= 4 is 5.91 Å². The molecule has 0 aromatic heterocycles. The average Bonchev–Trinajstić information content (AvgIpc) is 2.55. The van der Waals surface area contributed by atoms with Crippen molar-refractivity contribution in [3.8, 4) is 0 Å². The Morgan fingerprint density at radius 2 is 2.08 bits per heavy atom. The highest BCUT2D eigenvalue weighted by molar-refractivity contribution is 5.75. The summed E-state index contributed by atoms with van der Waals surface area (Å²) in [6.07, 6.45) is 5.65. The number of hydroxylamine groups is 2. The van der Waals surface area contributed by atoms with Crippen molar-refractivity contribution in [1.82, 2.24) is 5.06 Å². The van der Waals surface area contributed by atoms with Gasteiger partial charge in [0.25, 0.3) is 0 Å². The summed E-state index contributed by atoms with van der Waals surface area (Å²) in [6.45, 7) is 0. The molecule has 12 heavy (non-hydrogen) atoms. The molecule has 3 heteroatoms. The van der Waals surface area contributed by atoms with Crippen molar-refractivity contribution in [2.75, 3.05) is 14.2 Å². The number of hydrogen-bond donors (Lipinski definition) is 0. The Morgan fingerprint density at radius 1 is 1.50 bits per heavy atom. The Bertz CT molecular complexity index is 153. The normalized spacial score (nSPS) is 18.2. The van der Waals surface area contributed by atoms with Gasteiger partial charge < -0.3 is 0 Å². The van der Waals surface area contributed by atoms with Gasteiger partial charge in [0, 0.05) is 13.5 Å². The van der Waals surface area contributed by atoms with E-state index in [0.717, 1.165) is 0 Å². The van der Waals surface area contributed by atoms with E-state index in [1.807, 2.05) is 0 Å². The van der Waals surface area contributed by atoms with Crippen molar-refractivity contribution in [3.63, 3.8) is 0 Å². The molecule has 0 saturated heterocycles. The van der Waals surface area contributed by atoms with Crippen LogP contribution in [-0.2, 0) is 9.63 Å². The number of rotatable bonds is 3. The second-order valence-electron chi connectivity index (χ2n) is 3.43. The molecule has 1 saturated carbocycles. The number of nitrogens with zero attached hydrogens (tertiary/aromatic N) is 1. The maximum absolute atomic E-state index is 11.3. The first-order valence-electron chi connectivity index (χ1n) is 4.54. The fraction of sp³-hybridized carbons (Fsp3) is 0.889. The molecule has 0 N–H and O–H groups in total. The number of amides is 1. The van der Waals surface area contributed by atoms with Crippen LogP contribution >= 0.6 is 0 Å². The molecule has 1 amide bonds. The first kappa shape index (κ1) is 9.52. The van der Waals surface area contributed by atoms with Crippen LogP contribution < -0.4 is 0 Å². The fourth-order valence-electron chi connectivity index (χ4n) is 1.69. The first-order chi connectivity index (χ1) is 5.74. The van der Waals surface area contributed by atoms with Crippen molar-refractivity contribution < 1.29 is 9.63 Å². The highest BCUT2D eigenvalue weighted by Crippen LogP contribution is 2.27. The van der Waals surface area contributed by atoms with Crippen LogP contribution in [0, 0.1) is 5.92 Å². The summed E-state index contributed by atoms with van der Waals surface area (Å²) in [6, 6.07) is 0. The summed E-state index contributed by atoms with van der Waals surface area (Å²) in [5, 5.41) is 1.32. The molecule has 0 aromatic rings. The first-order valence-corrected chi connectivity index (χ1v) is 4.54. The van der Waals surface area contributed by atoms with Crippen molar-refractivity contribution in [1.29, 1.82) is 0 Å². The molecule has 0 bridgehead atoms. The van der Waals surface area contributed by atoms with Crippen LogP contribution in [0.4, 0.5) is 0 Å². The number of carbonyl (C=O) groups excluding carboxylic acids is 1. The van der Waals surface area contributed by atoms with Crippen LogP contribution in [0.1, 0.15) is 32.1 Å². The van der Waals surface area contributed by atoms with Crippen LogP contribution in [0.25, 0.3) is 0 Å². The maximum atomic E-state index is 11.3. The lowest BCUT2D eigenvalue weighted by atomic mass is 10.0. The third-order valence-electron chi connectivity index (χ3n) is 2.56. The number of hydrogen-bond acceptors (Lipinski definition) is 2. The predicted octanol–water partition coefficient (Wildman–Crippen LogP) is 1.59. The van der Waals surface area contributed by atoms with Gasteiger partial charge in [-0.3, -0.25) is 9.63 Å². The fourth-order valence-corrected chi connectivity index (χ4v) is 1.69. The zero-order valence-corrected chi connectivity index (χ0v) is 7.88. The van der Waals surface area contributed by atoms with E-state index in [0.29, 0.717) is 12.3 Å². The molecule has 0 spiro atoms. The molecule has 0 heterocycles. The Balaban J connectivity index is 2.25. The molecule has 1 aliphatic rings. The van der Waals surface area contributed by atoms with Gasteiger partial charge in [-0.05, 0) is 18.8 Å². The van der Waals surface area contributed by atoms with Gasteiger partial charge in [0.05, 0.1) is 7.11 Å². The zero-order chi connectivity index (χ0) is 8.97. The van der Waals surface area contributed by atoms with Gasteiger partial charge in [0.2, 0.25) is 5.91 Å². The Morgan fingerprint density at radius 3 is 2.58 bits per heavy atom. The Kier molecular flexibility index (Phi) is 3.53. The van der Waals surface area contributed by atoms with Crippen LogP contribution in [0.5, 0.6) is 0 Å². The van der Waals surface area contributed by atoms with Crippen molar-refractivity contribution in [2.24, 2.45) is 5.92 Å². The summed E-state index contributed by atoms with van der Waals surface area (Å²) in [5.41, 5.74) is 0. The predicted molar refractivity (Wildman–Crippen MR) is 46.4 cm³/mol.